The summed E-state index contributed by atoms with van der Waals surface area (Å²) in [6, 6.07) is 0. The average molecular weight is 239 g/mol. The monoisotopic (exact) mass is 238 g/mol. The standard InChI is InChI=1S/C7H15BrO2Si/c1-11(2,3)10-7(9)5-4-6-8/h4-6H2,1-3H3. The summed E-state index contributed by atoms with van der Waals surface area (Å²) < 4.78 is 5.22. The minimum absolute atomic E-state index is 0.0522. The van der Waals surface area contributed by atoms with Crippen molar-refractivity contribution in [1.29, 1.82) is 0 Å². The molecule has 11 heavy (non-hydrogen) atoms. The summed E-state index contributed by atoms with van der Waals surface area (Å²) in [7, 11) is -1.64. The summed E-state index contributed by atoms with van der Waals surface area (Å²) in [5.41, 5.74) is 0. The number of rotatable bonds is 4. The lowest BCUT2D eigenvalue weighted by molar-refractivity contribution is -0.135. The maximum absolute atomic E-state index is 11.0. The molecular formula is C7H15BrO2Si. The van der Waals surface area contributed by atoms with Crippen LogP contribution in [0.2, 0.25) is 19.6 Å². The first-order chi connectivity index (χ1) is 4.95. The van der Waals surface area contributed by atoms with Crippen LogP contribution in [0.4, 0.5) is 0 Å². The molecule has 66 valence electrons. The molecule has 0 aromatic carbocycles. The Morgan fingerprint density at radius 2 is 2.00 bits per heavy atom. The Morgan fingerprint density at radius 1 is 1.45 bits per heavy atom. The van der Waals surface area contributed by atoms with Crippen LogP contribution in [0, 0.1) is 0 Å². The van der Waals surface area contributed by atoms with E-state index in [0.717, 1.165) is 11.8 Å². The van der Waals surface area contributed by atoms with Crippen molar-refractivity contribution in [1.82, 2.24) is 0 Å². The molecule has 0 unspecified atom stereocenters. The smallest absolute Gasteiger partial charge is 0.292 e. The molecule has 0 radical (unpaired) electrons. The minimum Gasteiger partial charge on any atom is -0.520 e. The van der Waals surface area contributed by atoms with E-state index in [4.69, 9.17) is 4.43 Å². The van der Waals surface area contributed by atoms with E-state index in [2.05, 4.69) is 15.9 Å². The molecule has 0 rings (SSSR count). The quantitative estimate of drug-likeness (QED) is 0.556. The molecule has 2 nitrogen and oxygen atoms in total. The second-order valence-electron chi connectivity index (χ2n) is 3.38. The molecule has 0 amide bonds. The van der Waals surface area contributed by atoms with Crippen LogP contribution >= 0.6 is 15.9 Å². The predicted molar refractivity (Wildman–Crippen MR) is 52.5 cm³/mol. The van der Waals surface area contributed by atoms with Gasteiger partial charge in [-0.15, -0.1) is 0 Å². The first kappa shape index (κ1) is 11.2. The van der Waals surface area contributed by atoms with Crippen molar-refractivity contribution in [2.45, 2.75) is 32.5 Å². The lowest BCUT2D eigenvalue weighted by Crippen LogP contribution is -2.29. The van der Waals surface area contributed by atoms with Crippen molar-refractivity contribution in [2.75, 3.05) is 5.33 Å². The number of halogens is 1. The summed E-state index contributed by atoms with van der Waals surface area (Å²) in [6.07, 6.45) is 1.40. The molecule has 0 aromatic heterocycles. The molecule has 0 heterocycles. The molecule has 0 spiro atoms. The third-order valence-electron chi connectivity index (χ3n) is 0.935. The average Bonchev–Trinajstić information content (AvgIpc) is 1.79. The molecular weight excluding hydrogens is 224 g/mol. The van der Waals surface area contributed by atoms with Gasteiger partial charge in [0.15, 0.2) is 0 Å². The van der Waals surface area contributed by atoms with Crippen LogP contribution < -0.4 is 0 Å². The van der Waals surface area contributed by atoms with Gasteiger partial charge in [-0.2, -0.15) is 0 Å². The van der Waals surface area contributed by atoms with E-state index in [1.807, 2.05) is 19.6 Å². The van der Waals surface area contributed by atoms with E-state index in [-0.39, 0.29) is 5.97 Å². The van der Waals surface area contributed by atoms with Crippen LogP contribution in [0.3, 0.4) is 0 Å². The molecule has 0 saturated carbocycles. The maximum atomic E-state index is 11.0. The van der Waals surface area contributed by atoms with Crippen molar-refractivity contribution in [3.05, 3.63) is 0 Å². The number of carbonyl (C=O) groups excluding carboxylic acids is 1. The maximum Gasteiger partial charge on any atom is 0.292 e. The van der Waals surface area contributed by atoms with E-state index >= 15 is 0 Å². The van der Waals surface area contributed by atoms with Crippen LogP contribution in [0.5, 0.6) is 0 Å². The van der Waals surface area contributed by atoms with Crippen LogP contribution in [0.15, 0.2) is 0 Å². The van der Waals surface area contributed by atoms with Gasteiger partial charge in [-0.25, -0.2) is 0 Å². The zero-order valence-electron chi connectivity index (χ0n) is 7.32. The van der Waals surface area contributed by atoms with Crippen LogP contribution in [-0.4, -0.2) is 19.6 Å². The zero-order chi connectivity index (χ0) is 8.91. The highest BCUT2D eigenvalue weighted by molar-refractivity contribution is 9.09. The van der Waals surface area contributed by atoms with E-state index < -0.39 is 8.32 Å². The lowest BCUT2D eigenvalue weighted by Gasteiger charge is -2.16. The molecule has 0 aliphatic rings. The molecule has 4 heteroatoms. The Morgan fingerprint density at radius 3 is 2.36 bits per heavy atom. The SMILES string of the molecule is C[Si](C)(C)OC(=O)CCCBr. The Balaban J connectivity index is 3.53. The summed E-state index contributed by atoms with van der Waals surface area (Å²) in [5.74, 6) is -0.0522. The fourth-order valence-electron chi connectivity index (χ4n) is 0.604. The number of carbonyl (C=O) groups is 1. The summed E-state index contributed by atoms with van der Waals surface area (Å²) >= 11 is 3.26. The Labute approximate surface area is 77.6 Å². The second-order valence-corrected chi connectivity index (χ2v) is 8.60. The molecule has 0 aliphatic carbocycles. The molecule has 0 fully saturated rings. The highest BCUT2D eigenvalue weighted by atomic mass is 79.9. The van der Waals surface area contributed by atoms with Gasteiger partial charge >= 0.3 is 0 Å². The fourth-order valence-corrected chi connectivity index (χ4v) is 1.67. The fraction of sp³-hybridized carbons (Fsp3) is 0.857. The summed E-state index contributed by atoms with van der Waals surface area (Å²) in [4.78, 5) is 11.0. The van der Waals surface area contributed by atoms with E-state index in [9.17, 15) is 4.79 Å². The van der Waals surface area contributed by atoms with E-state index in [0.29, 0.717) is 6.42 Å². The Bertz CT molecular complexity index is 131. The first-order valence-electron chi connectivity index (χ1n) is 3.73. The number of hydrogen-bond donors (Lipinski definition) is 0. The van der Waals surface area contributed by atoms with E-state index in [1.165, 1.54) is 0 Å². The summed E-state index contributed by atoms with van der Waals surface area (Å²) in [6.45, 7) is 6.04. The molecule has 0 bridgehead atoms. The summed E-state index contributed by atoms with van der Waals surface area (Å²) in [5, 5.41) is 0.869. The highest BCUT2D eigenvalue weighted by Crippen LogP contribution is 2.06. The number of alkyl halides is 1. The van der Waals surface area contributed by atoms with Crippen LogP contribution in [0.25, 0.3) is 0 Å². The Hall–Kier alpha value is 0.167. The van der Waals surface area contributed by atoms with E-state index in [1.54, 1.807) is 0 Å². The van der Waals surface area contributed by atoms with Gasteiger partial charge in [-0.3, -0.25) is 4.79 Å². The zero-order valence-corrected chi connectivity index (χ0v) is 9.90. The predicted octanol–water partition coefficient (Wildman–Crippen LogP) is 2.54. The van der Waals surface area contributed by atoms with Crippen molar-refractivity contribution >= 4 is 30.2 Å². The third-order valence-corrected chi connectivity index (χ3v) is 2.34. The van der Waals surface area contributed by atoms with Crippen LogP contribution in [-0.2, 0) is 9.22 Å². The molecule has 0 aromatic rings. The normalized spacial score (nSPS) is 11.3. The second kappa shape index (κ2) is 4.93. The van der Waals surface area contributed by atoms with Gasteiger partial charge < -0.3 is 4.43 Å². The van der Waals surface area contributed by atoms with Gasteiger partial charge in [0.2, 0.25) is 8.32 Å². The van der Waals surface area contributed by atoms with Gasteiger partial charge in [0.25, 0.3) is 5.97 Å². The lowest BCUT2D eigenvalue weighted by atomic mass is 10.3. The van der Waals surface area contributed by atoms with Gasteiger partial charge in [-0.05, 0) is 26.1 Å². The van der Waals surface area contributed by atoms with Gasteiger partial charge in [-0.1, -0.05) is 15.9 Å². The Kier molecular flexibility index (Phi) is 5.00. The molecule has 0 N–H and O–H groups in total. The van der Waals surface area contributed by atoms with Crippen molar-refractivity contribution in [3.63, 3.8) is 0 Å². The van der Waals surface area contributed by atoms with Gasteiger partial charge in [0.05, 0.1) is 0 Å². The van der Waals surface area contributed by atoms with Crippen molar-refractivity contribution < 1.29 is 9.22 Å². The minimum atomic E-state index is -1.64. The number of hydrogen-bond acceptors (Lipinski definition) is 2. The molecule has 0 aliphatic heterocycles. The molecule has 0 atom stereocenters. The third kappa shape index (κ3) is 8.07. The topological polar surface area (TPSA) is 26.3 Å². The first-order valence-corrected chi connectivity index (χ1v) is 8.26. The highest BCUT2D eigenvalue weighted by Gasteiger charge is 2.18. The van der Waals surface area contributed by atoms with Crippen molar-refractivity contribution in [2.24, 2.45) is 0 Å². The van der Waals surface area contributed by atoms with Crippen molar-refractivity contribution in [3.8, 4) is 0 Å². The van der Waals surface area contributed by atoms with Gasteiger partial charge in [0, 0.05) is 11.8 Å². The van der Waals surface area contributed by atoms with Gasteiger partial charge in [0.1, 0.15) is 0 Å². The molecule has 0 saturated heterocycles. The van der Waals surface area contributed by atoms with Crippen LogP contribution in [0.1, 0.15) is 12.8 Å². The largest absolute Gasteiger partial charge is 0.520 e.